The Morgan fingerprint density at radius 2 is 1.60 bits per heavy atom. The number of anilines is 1. The SMILES string of the molecule is CC(C)C(=O)c1ccc(N(C)Cc2ccccc2)cc1. The number of nitrogens with zero attached hydrogens (tertiary/aromatic N) is 1. The summed E-state index contributed by atoms with van der Waals surface area (Å²) in [5.74, 6) is 0.241. The van der Waals surface area contributed by atoms with E-state index in [1.54, 1.807) is 0 Å². The molecule has 0 bridgehead atoms. The molecule has 0 heterocycles. The summed E-state index contributed by atoms with van der Waals surface area (Å²) in [4.78, 5) is 14.1. The van der Waals surface area contributed by atoms with E-state index in [1.165, 1.54) is 5.56 Å². The highest BCUT2D eigenvalue weighted by molar-refractivity contribution is 5.97. The minimum atomic E-state index is 0.0444. The van der Waals surface area contributed by atoms with E-state index in [1.807, 2.05) is 56.3 Å². The first kappa shape index (κ1) is 14.3. The third-order valence-electron chi connectivity index (χ3n) is 3.38. The standard InChI is InChI=1S/C18H21NO/c1-14(2)18(20)16-9-11-17(12-10-16)19(3)13-15-7-5-4-6-8-15/h4-12,14H,13H2,1-3H3. The molecule has 0 aliphatic heterocycles. The molecule has 0 spiro atoms. The number of hydrogen-bond donors (Lipinski definition) is 0. The van der Waals surface area contributed by atoms with Gasteiger partial charge in [-0.15, -0.1) is 0 Å². The first-order valence-corrected chi connectivity index (χ1v) is 6.97. The Morgan fingerprint density at radius 3 is 2.15 bits per heavy atom. The molecule has 0 saturated carbocycles. The van der Waals surface area contributed by atoms with Gasteiger partial charge in [-0.1, -0.05) is 44.2 Å². The van der Waals surface area contributed by atoms with Crippen LogP contribution in [0.15, 0.2) is 54.6 Å². The fourth-order valence-electron chi connectivity index (χ4n) is 2.16. The lowest BCUT2D eigenvalue weighted by molar-refractivity contribution is 0.0939. The Hall–Kier alpha value is -2.09. The van der Waals surface area contributed by atoms with Gasteiger partial charge in [0.1, 0.15) is 0 Å². The molecule has 0 amide bonds. The monoisotopic (exact) mass is 267 g/mol. The molecule has 2 aromatic rings. The summed E-state index contributed by atoms with van der Waals surface area (Å²) in [7, 11) is 2.06. The molecular weight excluding hydrogens is 246 g/mol. The molecule has 2 heteroatoms. The predicted molar refractivity (Wildman–Crippen MR) is 84.2 cm³/mol. The van der Waals surface area contributed by atoms with Gasteiger partial charge in [-0.3, -0.25) is 4.79 Å². The van der Waals surface area contributed by atoms with Crippen LogP contribution in [0.3, 0.4) is 0 Å². The summed E-state index contributed by atoms with van der Waals surface area (Å²) < 4.78 is 0. The minimum Gasteiger partial charge on any atom is -0.370 e. The second-order valence-electron chi connectivity index (χ2n) is 5.41. The van der Waals surface area contributed by atoms with Gasteiger partial charge in [-0.05, 0) is 29.8 Å². The summed E-state index contributed by atoms with van der Waals surface area (Å²) >= 11 is 0. The molecule has 0 fully saturated rings. The number of carbonyl (C=O) groups excluding carboxylic acids is 1. The van der Waals surface area contributed by atoms with Crippen LogP contribution in [0.1, 0.15) is 29.8 Å². The van der Waals surface area contributed by atoms with Crippen molar-refractivity contribution in [2.75, 3.05) is 11.9 Å². The lowest BCUT2D eigenvalue weighted by Gasteiger charge is -2.19. The van der Waals surface area contributed by atoms with Crippen LogP contribution in [-0.4, -0.2) is 12.8 Å². The summed E-state index contributed by atoms with van der Waals surface area (Å²) in [6.45, 7) is 4.72. The Kier molecular flexibility index (Phi) is 4.57. The second-order valence-corrected chi connectivity index (χ2v) is 5.41. The second kappa shape index (κ2) is 6.38. The third kappa shape index (κ3) is 3.47. The molecule has 2 rings (SSSR count). The van der Waals surface area contributed by atoms with Gasteiger partial charge in [0.2, 0.25) is 0 Å². The predicted octanol–water partition coefficient (Wildman–Crippen LogP) is 4.16. The van der Waals surface area contributed by atoms with E-state index >= 15 is 0 Å². The van der Waals surface area contributed by atoms with Crippen LogP contribution in [0.5, 0.6) is 0 Å². The van der Waals surface area contributed by atoms with E-state index in [-0.39, 0.29) is 11.7 Å². The van der Waals surface area contributed by atoms with Crippen molar-refractivity contribution in [3.05, 3.63) is 65.7 Å². The van der Waals surface area contributed by atoms with Crippen molar-refractivity contribution in [3.63, 3.8) is 0 Å². The van der Waals surface area contributed by atoms with Crippen LogP contribution >= 0.6 is 0 Å². The highest BCUT2D eigenvalue weighted by Gasteiger charge is 2.10. The molecule has 0 unspecified atom stereocenters. The Labute approximate surface area is 121 Å². The maximum Gasteiger partial charge on any atom is 0.165 e. The van der Waals surface area contributed by atoms with Gasteiger partial charge in [0, 0.05) is 30.8 Å². The summed E-state index contributed by atoms with van der Waals surface area (Å²) in [6, 6.07) is 18.2. The average molecular weight is 267 g/mol. The van der Waals surface area contributed by atoms with Crippen LogP contribution < -0.4 is 4.90 Å². The zero-order valence-corrected chi connectivity index (χ0v) is 12.3. The quantitative estimate of drug-likeness (QED) is 0.758. The normalized spacial score (nSPS) is 10.6. The Balaban J connectivity index is 2.08. The van der Waals surface area contributed by atoms with Crippen LogP contribution in [0.25, 0.3) is 0 Å². The fourth-order valence-corrected chi connectivity index (χ4v) is 2.16. The zero-order valence-electron chi connectivity index (χ0n) is 12.3. The van der Waals surface area contributed by atoms with Crippen molar-refractivity contribution in [2.45, 2.75) is 20.4 Å². The highest BCUT2D eigenvalue weighted by Crippen LogP contribution is 2.18. The van der Waals surface area contributed by atoms with E-state index in [2.05, 4.69) is 24.1 Å². The first-order chi connectivity index (χ1) is 9.58. The van der Waals surface area contributed by atoms with Crippen LogP contribution in [0.4, 0.5) is 5.69 Å². The van der Waals surface area contributed by atoms with Gasteiger partial charge >= 0.3 is 0 Å². The van der Waals surface area contributed by atoms with Crippen molar-refractivity contribution < 1.29 is 4.79 Å². The van der Waals surface area contributed by atoms with Crippen molar-refractivity contribution in [1.29, 1.82) is 0 Å². The van der Waals surface area contributed by atoms with Crippen molar-refractivity contribution >= 4 is 11.5 Å². The number of Topliss-reactive ketones (excluding diaryl/α,β-unsaturated/α-hetero) is 1. The van der Waals surface area contributed by atoms with Crippen molar-refractivity contribution in [3.8, 4) is 0 Å². The number of benzene rings is 2. The largest absolute Gasteiger partial charge is 0.370 e. The minimum absolute atomic E-state index is 0.0444. The lowest BCUT2D eigenvalue weighted by atomic mass is 10.0. The van der Waals surface area contributed by atoms with Crippen molar-refractivity contribution in [1.82, 2.24) is 0 Å². The molecule has 0 radical (unpaired) electrons. The maximum atomic E-state index is 11.9. The number of hydrogen-bond acceptors (Lipinski definition) is 2. The molecule has 0 N–H and O–H groups in total. The maximum absolute atomic E-state index is 11.9. The number of carbonyl (C=O) groups is 1. The lowest BCUT2D eigenvalue weighted by Crippen LogP contribution is -2.16. The van der Waals surface area contributed by atoms with Crippen LogP contribution in [0, 0.1) is 5.92 Å². The molecular formula is C18H21NO. The highest BCUT2D eigenvalue weighted by atomic mass is 16.1. The molecule has 0 aliphatic rings. The number of rotatable bonds is 5. The molecule has 2 nitrogen and oxygen atoms in total. The topological polar surface area (TPSA) is 20.3 Å². The first-order valence-electron chi connectivity index (χ1n) is 6.97. The molecule has 20 heavy (non-hydrogen) atoms. The van der Waals surface area contributed by atoms with Gasteiger partial charge in [-0.2, -0.15) is 0 Å². The zero-order chi connectivity index (χ0) is 14.5. The fraction of sp³-hybridized carbons (Fsp3) is 0.278. The number of ketones is 1. The van der Waals surface area contributed by atoms with Gasteiger partial charge in [0.05, 0.1) is 0 Å². The van der Waals surface area contributed by atoms with Gasteiger partial charge in [0.25, 0.3) is 0 Å². The molecule has 0 aromatic heterocycles. The van der Waals surface area contributed by atoms with E-state index in [0.29, 0.717) is 0 Å². The molecule has 0 aliphatic carbocycles. The third-order valence-corrected chi connectivity index (χ3v) is 3.38. The molecule has 104 valence electrons. The van der Waals surface area contributed by atoms with E-state index in [9.17, 15) is 4.79 Å². The smallest absolute Gasteiger partial charge is 0.165 e. The van der Waals surface area contributed by atoms with E-state index in [4.69, 9.17) is 0 Å². The van der Waals surface area contributed by atoms with E-state index < -0.39 is 0 Å². The molecule has 2 aromatic carbocycles. The Bertz CT molecular complexity index is 558. The molecule has 0 atom stereocenters. The van der Waals surface area contributed by atoms with Crippen molar-refractivity contribution in [2.24, 2.45) is 5.92 Å². The summed E-state index contributed by atoms with van der Waals surface area (Å²) in [6.07, 6.45) is 0. The van der Waals surface area contributed by atoms with Gasteiger partial charge < -0.3 is 4.90 Å². The summed E-state index contributed by atoms with van der Waals surface area (Å²) in [5, 5.41) is 0. The van der Waals surface area contributed by atoms with Gasteiger partial charge in [-0.25, -0.2) is 0 Å². The van der Waals surface area contributed by atoms with E-state index in [0.717, 1.165) is 17.8 Å². The Morgan fingerprint density at radius 1 is 1.00 bits per heavy atom. The summed E-state index contributed by atoms with van der Waals surface area (Å²) in [5.41, 5.74) is 3.18. The van der Waals surface area contributed by atoms with Gasteiger partial charge in [0.15, 0.2) is 5.78 Å². The van der Waals surface area contributed by atoms with Crippen LogP contribution in [0.2, 0.25) is 0 Å². The van der Waals surface area contributed by atoms with Crippen LogP contribution in [-0.2, 0) is 6.54 Å². The average Bonchev–Trinajstić information content (AvgIpc) is 2.47. The molecule has 0 saturated heterocycles.